The average molecular weight is 405 g/mol. The highest BCUT2D eigenvalue weighted by Crippen LogP contribution is 2.44. The Labute approximate surface area is 173 Å². The second kappa shape index (κ2) is 8.37. The maximum absolute atomic E-state index is 13.0. The number of para-hydroxylation sites is 1. The number of β-lactam (4-membered cyclic amide) rings is 1. The summed E-state index contributed by atoms with van der Waals surface area (Å²) in [5, 5.41) is 0. The second-order valence-corrected chi connectivity index (χ2v) is 6.95. The van der Waals surface area contributed by atoms with Gasteiger partial charge in [0.2, 0.25) is 5.91 Å². The smallest absolute Gasteiger partial charge is 0.240 e. The number of ether oxygens (including phenoxy) is 2. The predicted molar refractivity (Wildman–Crippen MR) is 110 cm³/mol. The zero-order valence-electron chi connectivity index (χ0n) is 16.3. The molecule has 0 spiro atoms. The molecule has 0 aliphatic carbocycles. The maximum Gasteiger partial charge on any atom is 0.240 e. The van der Waals surface area contributed by atoms with Crippen LogP contribution in [0.1, 0.15) is 11.6 Å². The monoisotopic (exact) mass is 405 g/mol. The Morgan fingerprint density at radius 1 is 0.933 bits per heavy atom. The Balaban J connectivity index is 1.57. The van der Waals surface area contributed by atoms with Gasteiger partial charge in [-0.25, -0.2) is 4.39 Å². The molecule has 152 valence electrons. The van der Waals surface area contributed by atoms with Gasteiger partial charge in [-0.15, -0.1) is 0 Å². The van der Waals surface area contributed by atoms with Crippen molar-refractivity contribution < 1.29 is 23.5 Å². The lowest BCUT2D eigenvalue weighted by Crippen LogP contribution is -2.59. The van der Waals surface area contributed by atoms with Crippen LogP contribution in [-0.4, -0.2) is 25.4 Å². The third-order valence-corrected chi connectivity index (χ3v) is 5.13. The zero-order chi connectivity index (χ0) is 21.1. The lowest BCUT2D eigenvalue weighted by atomic mass is 9.79. The number of halogens is 1. The van der Waals surface area contributed by atoms with E-state index in [4.69, 9.17) is 9.47 Å². The zero-order valence-corrected chi connectivity index (χ0v) is 16.3. The summed E-state index contributed by atoms with van der Waals surface area (Å²) in [6, 6.07) is 21.5. The summed E-state index contributed by atoms with van der Waals surface area (Å²) in [4.78, 5) is 27.5. The van der Waals surface area contributed by atoms with E-state index in [9.17, 15) is 14.0 Å². The highest BCUT2D eigenvalue weighted by atomic mass is 19.1. The number of hydrogen-bond donors (Lipinski definition) is 0. The molecule has 1 saturated heterocycles. The van der Waals surface area contributed by atoms with E-state index in [0.717, 1.165) is 11.3 Å². The Morgan fingerprint density at radius 3 is 2.20 bits per heavy atom. The van der Waals surface area contributed by atoms with Crippen molar-refractivity contribution in [3.63, 3.8) is 0 Å². The van der Waals surface area contributed by atoms with E-state index in [1.165, 1.54) is 24.3 Å². The SMILES string of the molecule is COc1ccc([C@@H]2[C@@H](C(=O)COc3ccc(F)cc3)C(=O)N2c2ccccc2)cc1. The number of rotatable bonds is 7. The molecule has 0 saturated carbocycles. The lowest BCUT2D eigenvalue weighted by Gasteiger charge is -2.46. The fourth-order valence-corrected chi connectivity index (χ4v) is 3.60. The first kappa shape index (κ1) is 19.6. The molecule has 3 aromatic rings. The Hall–Kier alpha value is -3.67. The van der Waals surface area contributed by atoms with Gasteiger partial charge in [0, 0.05) is 5.69 Å². The number of ketones is 1. The normalized spacial score (nSPS) is 17.9. The molecule has 3 aromatic carbocycles. The molecule has 30 heavy (non-hydrogen) atoms. The van der Waals surface area contributed by atoms with Crippen molar-refractivity contribution in [2.45, 2.75) is 6.04 Å². The molecule has 4 rings (SSSR count). The lowest BCUT2D eigenvalue weighted by molar-refractivity contribution is -0.141. The van der Waals surface area contributed by atoms with Crippen LogP contribution < -0.4 is 14.4 Å². The van der Waals surface area contributed by atoms with Gasteiger partial charge in [-0.1, -0.05) is 30.3 Å². The maximum atomic E-state index is 13.0. The van der Waals surface area contributed by atoms with Crippen molar-refractivity contribution >= 4 is 17.4 Å². The quantitative estimate of drug-likeness (QED) is 0.437. The number of Topliss-reactive ketones (excluding diaryl/α,β-unsaturated/α-hetero) is 1. The van der Waals surface area contributed by atoms with E-state index in [2.05, 4.69) is 0 Å². The third kappa shape index (κ3) is 3.76. The molecule has 2 atom stereocenters. The fraction of sp³-hybridized carbons (Fsp3) is 0.167. The molecule has 0 bridgehead atoms. The summed E-state index contributed by atoms with van der Waals surface area (Å²) in [5.74, 6) is -0.761. The standard InChI is InChI=1S/C24H20FNO4/c1-29-19-11-7-16(8-12-19)23-22(24(28)26(23)18-5-3-2-4-6-18)21(27)15-30-20-13-9-17(25)10-14-20/h2-14,22-23H,15H2,1H3/t22-,23-/m1/s1. The molecule has 0 unspecified atom stereocenters. The van der Waals surface area contributed by atoms with Crippen LogP contribution >= 0.6 is 0 Å². The molecule has 1 heterocycles. The van der Waals surface area contributed by atoms with Crippen molar-refractivity contribution in [1.82, 2.24) is 0 Å². The van der Waals surface area contributed by atoms with Crippen molar-refractivity contribution in [2.75, 3.05) is 18.6 Å². The second-order valence-electron chi connectivity index (χ2n) is 6.95. The highest BCUT2D eigenvalue weighted by molar-refractivity contribution is 6.16. The molecule has 1 fully saturated rings. The molecule has 0 aromatic heterocycles. The number of carbonyl (C=O) groups is 2. The minimum absolute atomic E-state index is 0.267. The fourth-order valence-electron chi connectivity index (χ4n) is 3.60. The van der Waals surface area contributed by atoms with Crippen LogP contribution in [0.2, 0.25) is 0 Å². The van der Waals surface area contributed by atoms with E-state index in [1.54, 1.807) is 24.1 Å². The van der Waals surface area contributed by atoms with Crippen LogP contribution in [0, 0.1) is 11.7 Å². The Bertz CT molecular complexity index is 1040. The largest absolute Gasteiger partial charge is 0.497 e. The first-order valence-corrected chi connectivity index (χ1v) is 9.51. The summed E-state index contributed by atoms with van der Waals surface area (Å²) in [7, 11) is 1.58. The van der Waals surface area contributed by atoms with Gasteiger partial charge < -0.3 is 14.4 Å². The molecule has 1 amide bonds. The van der Waals surface area contributed by atoms with Gasteiger partial charge in [0.1, 0.15) is 29.8 Å². The van der Waals surface area contributed by atoms with Gasteiger partial charge in [-0.05, 0) is 54.1 Å². The van der Waals surface area contributed by atoms with Gasteiger partial charge in [0.05, 0.1) is 13.2 Å². The number of carbonyl (C=O) groups excluding carboxylic acids is 2. The first-order valence-electron chi connectivity index (χ1n) is 9.51. The van der Waals surface area contributed by atoms with Crippen LogP contribution in [0.5, 0.6) is 11.5 Å². The highest BCUT2D eigenvalue weighted by Gasteiger charge is 2.52. The molecular weight excluding hydrogens is 385 g/mol. The third-order valence-electron chi connectivity index (χ3n) is 5.13. The van der Waals surface area contributed by atoms with Crippen LogP contribution in [-0.2, 0) is 9.59 Å². The number of nitrogens with zero attached hydrogens (tertiary/aromatic N) is 1. The van der Waals surface area contributed by atoms with Crippen molar-refractivity contribution in [2.24, 2.45) is 5.92 Å². The molecular formula is C24H20FNO4. The summed E-state index contributed by atoms with van der Waals surface area (Å²) in [5.41, 5.74) is 1.56. The van der Waals surface area contributed by atoms with Gasteiger partial charge in [0.25, 0.3) is 0 Å². The Kier molecular flexibility index (Phi) is 5.48. The van der Waals surface area contributed by atoms with Crippen LogP contribution in [0.4, 0.5) is 10.1 Å². The van der Waals surface area contributed by atoms with E-state index >= 15 is 0 Å². The summed E-state index contributed by atoms with van der Waals surface area (Å²) in [6.07, 6.45) is 0. The molecule has 0 N–H and O–H groups in total. The van der Waals surface area contributed by atoms with Crippen LogP contribution in [0.25, 0.3) is 0 Å². The minimum atomic E-state index is -0.848. The first-order chi connectivity index (χ1) is 14.6. The molecule has 1 aliphatic rings. The van der Waals surface area contributed by atoms with Gasteiger partial charge in [0.15, 0.2) is 5.78 Å². The number of hydrogen-bond acceptors (Lipinski definition) is 4. The molecule has 1 aliphatic heterocycles. The predicted octanol–water partition coefficient (Wildman–Crippen LogP) is 4.19. The number of methoxy groups -OCH3 is 1. The van der Waals surface area contributed by atoms with E-state index in [1.807, 2.05) is 42.5 Å². The molecule has 6 heteroatoms. The number of benzene rings is 3. The van der Waals surface area contributed by atoms with E-state index < -0.39 is 12.0 Å². The van der Waals surface area contributed by atoms with Crippen molar-refractivity contribution in [3.05, 3.63) is 90.2 Å². The van der Waals surface area contributed by atoms with E-state index in [-0.39, 0.29) is 24.1 Å². The van der Waals surface area contributed by atoms with Crippen LogP contribution in [0.3, 0.4) is 0 Å². The van der Waals surface area contributed by atoms with Gasteiger partial charge in [-0.2, -0.15) is 0 Å². The Morgan fingerprint density at radius 2 is 1.57 bits per heavy atom. The number of amides is 1. The summed E-state index contributed by atoms with van der Waals surface area (Å²) in [6.45, 7) is -0.267. The molecule has 5 nitrogen and oxygen atoms in total. The summed E-state index contributed by atoms with van der Waals surface area (Å²) >= 11 is 0. The average Bonchev–Trinajstić information content (AvgIpc) is 2.78. The van der Waals surface area contributed by atoms with Crippen LogP contribution in [0.15, 0.2) is 78.9 Å². The number of anilines is 1. The van der Waals surface area contributed by atoms with E-state index in [0.29, 0.717) is 11.5 Å². The van der Waals surface area contributed by atoms with Crippen molar-refractivity contribution in [1.29, 1.82) is 0 Å². The van der Waals surface area contributed by atoms with Gasteiger partial charge >= 0.3 is 0 Å². The topological polar surface area (TPSA) is 55.8 Å². The summed E-state index contributed by atoms with van der Waals surface area (Å²) < 4.78 is 23.7. The van der Waals surface area contributed by atoms with Crippen molar-refractivity contribution in [3.8, 4) is 11.5 Å². The minimum Gasteiger partial charge on any atom is -0.497 e. The molecule has 0 radical (unpaired) electrons. The van der Waals surface area contributed by atoms with Gasteiger partial charge in [-0.3, -0.25) is 9.59 Å².